The molecule has 1 aromatic carbocycles. The van der Waals surface area contributed by atoms with Crippen LogP contribution >= 0.6 is 0 Å². The Labute approximate surface area is 119 Å². The first kappa shape index (κ1) is 13.0. The van der Waals surface area contributed by atoms with Gasteiger partial charge in [-0.1, -0.05) is 0 Å². The van der Waals surface area contributed by atoms with Crippen LogP contribution in [0.15, 0.2) is 30.7 Å². The highest BCUT2D eigenvalue weighted by Gasteiger charge is 2.24. The van der Waals surface area contributed by atoms with Crippen molar-refractivity contribution in [2.75, 3.05) is 11.9 Å². The van der Waals surface area contributed by atoms with E-state index in [1.54, 1.807) is 0 Å². The van der Waals surface area contributed by atoms with Crippen molar-refractivity contribution in [2.24, 2.45) is 0 Å². The van der Waals surface area contributed by atoms with Crippen molar-refractivity contribution in [1.82, 2.24) is 9.55 Å². The molecule has 4 heteroatoms. The third-order valence-electron chi connectivity index (χ3n) is 3.66. The van der Waals surface area contributed by atoms with Crippen LogP contribution in [0.3, 0.4) is 0 Å². The Morgan fingerprint density at radius 3 is 2.95 bits per heavy atom. The minimum Gasteiger partial charge on any atom is -0.494 e. The van der Waals surface area contributed by atoms with E-state index in [0.29, 0.717) is 12.6 Å². The molecule has 0 radical (unpaired) electrons. The van der Waals surface area contributed by atoms with E-state index < -0.39 is 0 Å². The van der Waals surface area contributed by atoms with Gasteiger partial charge in [0.05, 0.1) is 25.2 Å². The Morgan fingerprint density at radius 1 is 1.40 bits per heavy atom. The van der Waals surface area contributed by atoms with E-state index in [4.69, 9.17) is 4.74 Å². The van der Waals surface area contributed by atoms with Crippen molar-refractivity contribution in [3.05, 3.63) is 42.0 Å². The number of aromatic nitrogens is 2. The van der Waals surface area contributed by atoms with Crippen molar-refractivity contribution in [3.63, 3.8) is 0 Å². The van der Waals surface area contributed by atoms with Crippen LogP contribution in [0.2, 0.25) is 0 Å². The molecule has 1 aliphatic carbocycles. The van der Waals surface area contributed by atoms with Gasteiger partial charge in [-0.05, 0) is 50.5 Å². The maximum atomic E-state index is 5.51. The van der Waals surface area contributed by atoms with Crippen LogP contribution in [0.25, 0.3) is 0 Å². The third-order valence-corrected chi connectivity index (χ3v) is 3.66. The number of aryl methyl sites for hydroxylation is 1. The summed E-state index contributed by atoms with van der Waals surface area (Å²) < 4.78 is 7.80. The van der Waals surface area contributed by atoms with Gasteiger partial charge in [0.2, 0.25) is 0 Å². The second-order valence-electron chi connectivity index (χ2n) is 5.29. The number of benzene rings is 1. The molecule has 0 aliphatic heterocycles. The van der Waals surface area contributed by atoms with Crippen LogP contribution in [0.5, 0.6) is 5.75 Å². The van der Waals surface area contributed by atoms with E-state index in [9.17, 15) is 0 Å². The number of anilines is 1. The van der Waals surface area contributed by atoms with Crippen molar-refractivity contribution in [2.45, 2.75) is 39.3 Å². The number of ether oxygens (including phenoxy) is 1. The monoisotopic (exact) mass is 271 g/mol. The van der Waals surface area contributed by atoms with Gasteiger partial charge < -0.3 is 14.6 Å². The van der Waals surface area contributed by atoms with Crippen LogP contribution in [-0.2, 0) is 6.54 Å². The Morgan fingerprint density at radius 2 is 2.25 bits per heavy atom. The maximum Gasteiger partial charge on any atom is 0.119 e. The Kier molecular flexibility index (Phi) is 3.63. The number of nitrogens with zero attached hydrogens (tertiary/aromatic N) is 2. The zero-order chi connectivity index (χ0) is 13.9. The molecule has 1 aliphatic rings. The minimum absolute atomic E-state index is 0.677. The molecule has 1 saturated carbocycles. The lowest BCUT2D eigenvalue weighted by molar-refractivity contribution is 0.340. The molecule has 1 N–H and O–H groups in total. The average molecular weight is 271 g/mol. The van der Waals surface area contributed by atoms with Crippen LogP contribution in [-0.4, -0.2) is 16.2 Å². The zero-order valence-corrected chi connectivity index (χ0v) is 12.1. The molecular weight excluding hydrogens is 250 g/mol. The van der Waals surface area contributed by atoms with E-state index in [1.165, 1.54) is 24.1 Å². The van der Waals surface area contributed by atoms with Gasteiger partial charge in [0.15, 0.2) is 0 Å². The number of nitrogens with one attached hydrogen (secondary N) is 1. The summed E-state index contributed by atoms with van der Waals surface area (Å²) in [6.45, 7) is 5.61. The van der Waals surface area contributed by atoms with E-state index >= 15 is 0 Å². The highest BCUT2D eigenvalue weighted by Crippen LogP contribution is 2.35. The number of hydrogen-bond donors (Lipinski definition) is 1. The summed E-state index contributed by atoms with van der Waals surface area (Å²) in [7, 11) is 0. The second-order valence-corrected chi connectivity index (χ2v) is 5.29. The topological polar surface area (TPSA) is 39.1 Å². The van der Waals surface area contributed by atoms with Gasteiger partial charge in [0.25, 0.3) is 0 Å². The van der Waals surface area contributed by atoms with Crippen molar-refractivity contribution in [1.29, 1.82) is 0 Å². The molecule has 1 aromatic heterocycles. The Bertz CT molecular complexity index is 587. The summed E-state index contributed by atoms with van der Waals surface area (Å²) in [5.74, 6) is 0.929. The van der Waals surface area contributed by atoms with Gasteiger partial charge in [-0.25, -0.2) is 4.98 Å². The van der Waals surface area contributed by atoms with Crippen LogP contribution in [0, 0.1) is 6.92 Å². The van der Waals surface area contributed by atoms with Gasteiger partial charge in [0, 0.05) is 17.9 Å². The maximum absolute atomic E-state index is 5.51. The third kappa shape index (κ3) is 2.79. The molecule has 1 fully saturated rings. The number of hydrogen-bond acceptors (Lipinski definition) is 3. The molecule has 1 heterocycles. The summed E-state index contributed by atoms with van der Waals surface area (Å²) in [6.07, 6.45) is 6.46. The van der Waals surface area contributed by atoms with Gasteiger partial charge >= 0.3 is 0 Å². The van der Waals surface area contributed by atoms with Crippen LogP contribution in [0.1, 0.15) is 37.1 Å². The molecule has 0 bridgehead atoms. The largest absolute Gasteiger partial charge is 0.494 e. The summed E-state index contributed by atoms with van der Waals surface area (Å²) in [5, 5.41) is 3.49. The average Bonchev–Trinajstić information content (AvgIpc) is 3.17. The summed E-state index contributed by atoms with van der Waals surface area (Å²) in [5.41, 5.74) is 3.60. The minimum atomic E-state index is 0.677. The number of rotatable bonds is 6. The lowest BCUT2D eigenvalue weighted by Crippen LogP contribution is -2.06. The molecule has 4 nitrogen and oxygen atoms in total. The molecule has 0 spiro atoms. The highest BCUT2D eigenvalue weighted by atomic mass is 16.5. The molecule has 0 amide bonds. The highest BCUT2D eigenvalue weighted by molar-refractivity contribution is 5.53. The predicted octanol–water partition coefficient (Wildman–Crippen LogP) is 3.54. The summed E-state index contributed by atoms with van der Waals surface area (Å²) in [4.78, 5) is 4.26. The van der Waals surface area contributed by atoms with E-state index in [-0.39, 0.29) is 0 Å². The lowest BCUT2D eigenvalue weighted by Gasteiger charge is -2.12. The van der Waals surface area contributed by atoms with Crippen molar-refractivity contribution >= 4 is 5.69 Å². The second kappa shape index (κ2) is 5.57. The molecule has 106 valence electrons. The normalized spacial score (nSPS) is 14.3. The van der Waals surface area contributed by atoms with Crippen molar-refractivity contribution in [3.8, 4) is 5.75 Å². The predicted molar refractivity (Wildman–Crippen MR) is 80.2 cm³/mol. The molecule has 0 saturated heterocycles. The SMILES string of the molecule is CCOc1ccc(NCc2cncn2C2CC2)c(C)c1. The van der Waals surface area contributed by atoms with Gasteiger partial charge in [-0.15, -0.1) is 0 Å². The zero-order valence-electron chi connectivity index (χ0n) is 12.1. The quantitative estimate of drug-likeness (QED) is 0.873. The van der Waals surface area contributed by atoms with Gasteiger partial charge in [0.1, 0.15) is 5.75 Å². The first-order valence-electron chi connectivity index (χ1n) is 7.26. The lowest BCUT2D eigenvalue weighted by atomic mass is 10.2. The van der Waals surface area contributed by atoms with Crippen molar-refractivity contribution < 1.29 is 4.74 Å². The molecule has 0 atom stereocenters. The molecule has 20 heavy (non-hydrogen) atoms. The fourth-order valence-electron chi connectivity index (χ4n) is 2.43. The van der Waals surface area contributed by atoms with Crippen LogP contribution in [0.4, 0.5) is 5.69 Å². The first-order chi connectivity index (χ1) is 9.78. The number of imidazole rings is 1. The molecule has 3 rings (SSSR count). The standard InChI is InChI=1S/C16H21N3O/c1-3-20-15-6-7-16(12(2)8-15)18-10-14-9-17-11-19(14)13-4-5-13/h6-9,11,13,18H,3-5,10H2,1-2H3. The molecule has 0 unspecified atom stereocenters. The van der Waals surface area contributed by atoms with Gasteiger partial charge in [-0.2, -0.15) is 0 Å². The van der Waals surface area contributed by atoms with E-state index in [2.05, 4.69) is 33.9 Å². The summed E-state index contributed by atoms with van der Waals surface area (Å²) in [6, 6.07) is 6.84. The molecule has 2 aromatic rings. The summed E-state index contributed by atoms with van der Waals surface area (Å²) >= 11 is 0. The van der Waals surface area contributed by atoms with Crippen LogP contribution < -0.4 is 10.1 Å². The van der Waals surface area contributed by atoms with Gasteiger partial charge in [-0.3, -0.25) is 0 Å². The fourth-order valence-corrected chi connectivity index (χ4v) is 2.43. The Balaban J connectivity index is 1.67. The fraction of sp³-hybridized carbons (Fsp3) is 0.438. The van der Waals surface area contributed by atoms with E-state index in [0.717, 1.165) is 18.0 Å². The Hall–Kier alpha value is -1.97. The van der Waals surface area contributed by atoms with E-state index in [1.807, 2.05) is 25.5 Å². The molecular formula is C16H21N3O. The first-order valence-corrected chi connectivity index (χ1v) is 7.26. The smallest absolute Gasteiger partial charge is 0.119 e.